The van der Waals surface area contributed by atoms with Crippen LogP contribution in [0.1, 0.15) is 54.4 Å². The molecule has 0 aliphatic heterocycles. The zero-order valence-electron chi connectivity index (χ0n) is 15.0. The van der Waals surface area contributed by atoms with Gasteiger partial charge in [0.2, 0.25) is 0 Å². The van der Waals surface area contributed by atoms with E-state index in [-0.39, 0.29) is 11.7 Å². The maximum atomic E-state index is 11.2. The maximum absolute atomic E-state index is 11.2. The lowest BCUT2D eigenvalue weighted by Gasteiger charge is -2.16. The molecule has 1 N–H and O–H groups in total. The normalized spacial score (nSPS) is 18.0. The summed E-state index contributed by atoms with van der Waals surface area (Å²) in [6.45, 7) is 11.9. The van der Waals surface area contributed by atoms with Crippen molar-refractivity contribution in [2.24, 2.45) is 11.8 Å². The standard InChI is InChI=1S/C20H32O2/c1-7-17(5)20(22)18(6)14-16(4)11-9-10-15(3)12-13-19(21)8-2/h7,9,11-15,18,20,22H,8,10H2,1-6H3/b11-9+,13-12+,16-14+,17-7+/t15-,18-,20+/m0/s1. The highest BCUT2D eigenvalue weighted by Gasteiger charge is 2.12. The SMILES string of the molecule is C/C=C(\C)[C@@H](O)[C@@H](C)/C=C(C)/C=C/C[C@H](C)/C=C/C(=O)CC. The second-order valence-corrected chi connectivity index (χ2v) is 6.04. The molecule has 0 rings (SSSR count). The number of rotatable bonds is 9. The molecule has 0 saturated heterocycles. The van der Waals surface area contributed by atoms with E-state index < -0.39 is 6.10 Å². The van der Waals surface area contributed by atoms with E-state index in [1.54, 1.807) is 6.08 Å². The molecule has 0 aromatic heterocycles. The molecule has 22 heavy (non-hydrogen) atoms. The molecule has 2 heteroatoms. The van der Waals surface area contributed by atoms with E-state index in [1.807, 2.05) is 46.8 Å². The lowest BCUT2D eigenvalue weighted by atomic mass is 9.96. The van der Waals surface area contributed by atoms with Crippen LogP contribution < -0.4 is 0 Å². The van der Waals surface area contributed by atoms with Gasteiger partial charge in [0, 0.05) is 12.3 Å². The third-order valence-corrected chi connectivity index (χ3v) is 3.79. The van der Waals surface area contributed by atoms with Crippen molar-refractivity contribution in [3.63, 3.8) is 0 Å². The number of allylic oxidation sites excluding steroid dienone is 6. The van der Waals surface area contributed by atoms with Gasteiger partial charge in [-0.2, -0.15) is 0 Å². The molecule has 0 amide bonds. The molecular weight excluding hydrogens is 272 g/mol. The van der Waals surface area contributed by atoms with Crippen LogP contribution in [0.3, 0.4) is 0 Å². The van der Waals surface area contributed by atoms with Gasteiger partial charge in [-0.15, -0.1) is 0 Å². The first-order valence-electron chi connectivity index (χ1n) is 8.18. The fraction of sp³-hybridized carbons (Fsp3) is 0.550. The predicted octanol–water partition coefficient (Wildman–Crippen LogP) is 5.01. The van der Waals surface area contributed by atoms with E-state index >= 15 is 0 Å². The van der Waals surface area contributed by atoms with Crippen molar-refractivity contribution in [2.45, 2.75) is 60.5 Å². The van der Waals surface area contributed by atoms with Crippen molar-refractivity contribution < 1.29 is 9.90 Å². The number of hydrogen-bond donors (Lipinski definition) is 1. The van der Waals surface area contributed by atoms with E-state index in [4.69, 9.17) is 0 Å². The van der Waals surface area contributed by atoms with Crippen molar-refractivity contribution in [1.29, 1.82) is 0 Å². The maximum Gasteiger partial charge on any atom is 0.155 e. The minimum Gasteiger partial charge on any atom is -0.388 e. The van der Waals surface area contributed by atoms with Crippen LogP contribution in [0, 0.1) is 11.8 Å². The third-order valence-electron chi connectivity index (χ3n) is 3.79. The van der Waals surface area contributed by atoms with E-state index in [2.05, 4.69) is 25.2 Å². The molecule has 0 radical (unpaired) electrons. The van der Waals surface area contributed by atoms with Crippen LogP contribution in [-0.2, 0) is 4.79 Å². The molecule has 0 saturated carbocycles. The summed E-state index contributed by atoms with van der Waals surface area (Å²) in [7, 11) is 0. The molecule has 0 heterocycles. The van der Waals surface area contributed by atoms with Crippen LogP contribution in [0.2, 0.25) is 0 Å². The Bertz CT molecular complexity index is 452. The smallest absolute Gasteiger partial charge is 0.155 e. The highest BCUT2D eigenvalue weighted by Crippen LogP contribution is 2.16. The zero-order valence-corrected chi connectivity index (χ0v) is 15.0. The van der Waals surface area contributed by atoms with Gasteiger partial charge in [0.15, 0.2) is 5.78 Å². The summed E-state index contributed by atoms with van der Waals surface area (Å²) in [6, 6.07) is 0. The van der Waals surface area contributed by atoms with E-state index in [0.29, 0.717) is 12.3 Å². The summed E-state index contributed by atoms with van der Waals surface area (Å²) < 4.78 is 0. The Morgan fingerprint density at radius 3 is 2.36 bits per heavy atom. The van der Waals surface area contributed by atoms with Crippen molar-refractivity contribution in [2.75, 3.05) is 0 Å². The summed E-state index contributed by atoms with van der Waals surface area (Å²) in [5, 5.41) is 10.1. The van der Waals surface area contributed by atoms with Gasteiger partial charge in [-0.05, 0) is 44.8 Å². The molecule has 0 aliphatic carbocycles. The molecule has 0 aromatic rings. The van der Waals surface area contributed by atoms with Gasteiger partial charge < -0.3 is 5.11 Å². The van der Waals surface area contributed by atoms with E-state index in [9.17, 15) is 9.90 Å². The summed E-state index contributed by atoms with van der Waals surface area (Å²) in [5.41, 5.74) is 2.15. The molecule has 0 fully saturated rings. The van der Waals surface area contributed by atoms with E-state index in [0.717, 1.165) is 17.6 Å². The number of aliphatic hydroxyl groups is 1. The molecule has 0 spiro atoms. The third kappa shape index (κ3) is 8.78. The Morgan fingerprint density at radius 2 is 1.82 bits per heavy atom. The average Bonchev–Trinajstić information content (AvgIpc) is 2.50. The van der Waals surface area contributed by atoms with Gasteiger partial charge >= 0.3 is 0 Å². The Hall–Kier alpha value is -1.41. The lowest BCUT2D eigenvalue weighted by Crippen LogP contribution is -2.17. The Morgan fingerprint density at radius 1 is 1.18 bits per heavy atom. The van der Waals surface area contributed by atoms with Crippen LogP contribution >= 0.6 is 0 Å². The van der Waals surface area contributed by atoms with Crippen molar-refractivity contribution in [1.82, 2.24) is 0 Å². The van der Waals surface area contributed by atoms with E-state index in [1.165, 1.54) is 0 Å². The summed E-state index contributed by atoms with van der Waals surface area (Å²) in [4.78, 5) is 11.2. The highest BCUT2D eigenvalue weighted by molar-refractivity contribution is 5.89. The van der Waals surface area contributed by atoms with Gasteiger partial charge in [-0.1, -0.05) is 56.7 Å². The molecular formula is C20H32O2. The van der Waals surface area contributed by atoms with Crippen molar-refractivity contribution in [3.8, 4) is 0 Å². The number of aliphatic hydroxyl groups excluding tert-OH is 1. The fourth-order valence-electron chi connectivity index (χ4n) is 2.08. The Balaban J connectivity index is 4.46. The minimum atomic E-state index is -0.421. The summed E-state index contributed by atoms with van der Waals surface area (Å²) in [5.74, 6) is 0.627. The quantitative estimate of drug-likeness (QED) is 0.369. The first-order chi connectivity index (χ1) is 10.3. The number of ketones is 1. The van der Waals surface area contributed by atoms with Crippen LogP contribution in [0.4, 0.5) is 0 Å². The van der Waals surface area contributed by atoms with Crippen molar-refractivity contribution in [3.05, 3.63) is 47.6 Å². The molecule has 0 aliphatic rings. The molecule has 3 atom stereocenters. The second-order valence-electron chi connectivity index (χ2n) is 6.04. The minimum absolute atomic E-state index is 0.0975. The topological polar surface area (TPSA) is 37.3 Å². The van der Waals surface area contributed by atoms with Crippen LogP contribution in [-0.4, -0.2) is 17.0 Å². The number of carbonyl (C=O) groups is 1. The monoisotopic (exact) mass is 304 g/mol. The van der Waals surface area contributed by atoms with Crippen molar-refractivity contribution >= 4 is 5.78 Å². The number of carbonyl (C=O) groups excluding carboxylic acids is 1. The first kappa shape index (κ1) is 20.6. The van der Waals surface area contributed by atoms with Crippen LogP contribution in [0.25, 0.3) is 0 Å². The molecule has 0 aromatic carbocycles. The van der Waals surface area contributed by atoms with Gasteiger partial charge in [-0.3, -0.25) is 4.79 Å². The Kier molecular flexibility index (Phi) is 10.5. The summed E-state index contributed by atoms with van der Waals surface area (Å²) in [6.07, 6.45) is 12.9. The second kappa shape index (κ2) is 11.2. The molecule has 0 bridgehead atoms. The number of hydrogen-bond acceptors (Lipinski definition) is 2. The van der Waals surface area contributed by atoms with Gasteiger partial charge in [0.25, 0.3) is 0 Å². The predicted molar refractivity (Wildman–Crippen MR) is 95.7 cm³/mol. The summed E-state index contributed by atoms with van der Waals surface area (Å²) >= 11 is 0. The lowest BCUT2D eigenvalue weighted by molar-refractivity contribution is -0.114. The fourth-order valence-corrected chi connectivity index (χ4v) is 2.08. The average molecular weight is 304 g/mol. The van der Waals surface area contributed by atoms with Gasteiger partial charge in [0.05, 0.1) is 6.10 Å². The van der Waals surface area contributed by atoms with Crippen LogP contribution in [0.15, 0.2) is 47.6 Å². The first-order valence-corrected chi connectivity index (χ1v) is 8.18. The molecule has 2 nitrogen and oxygen atoms in total. The zero-order chi connectivity index (χ0) is 17.1. The largest absolute Gasteiger partial charge is 0.388 e. The Labute approximate surface area is 136 Å². The van der Waals surface area contributed by atoms with Crippen LogP contribution in [0.5, 0.6) is 0 Å². The highest BCUT2D eigenvalue weighted by atomic mass is 16.3. The molecule has 124 valence electrons. The molecule has 0 unspecified atom stereocenters. The van der Waals surface area contributed by atoms with Gasteiger partial charge in [-0.25, -0.2) is 0 Å². The van der Waals surface area contributed by atoms with Gasteiger partial charge in [0.1, 0.15) is 0 Å².